The van der Waals surface area contributed by atoms with E-state index in [0.717, 1.165) is 24.8 Å². The third kappa shape index (κ3) is 17.2. The molecule has 22 heavy (non-hydrogen) atoms. The zero-order valence-corrected chi connectivity index (χ0v) is 14.7. The van der Waals surface area contributed by atoms with E-state index in [9.17, 15) is 4.79 Å². The Kier molecular flexibility index (Phi) is 15.9. The second-order valence-corrected chi connectivity index (χ2v) is 6.36. The Balaban J connectivity index is 3.11. The second-order valence-electron chi connectivity index (χ2n) is 6.36. The Morgan fingerprint density at radius 2 is 1.18 bits per heavy atom. The summed E-state index contributed by atoms with van der Waals surface area (Å²) in [6.45, 7) is 4.69. The lowest BCUT2D eigenvalue weighted by Gasteiger charge is -2.04. The Morgan fingerprint density at radius 3 is 1.59 bits per heavy atom. The summed E-state index contributed by atoms with van der Waals surface area (Å²) in [7, 11) is 0. The van der Waals surface area contributed by atoms with E-state index in [1.165, 1.54) is 57.8 Å². The minimum Gasteiger partial charge on any atom is -0.463 e. The molecule has 0 amide bonds. The minimum absolute atomic E-state index is 0.209. The third-order valence-electron chi connectivity index (χ3n) is 3.70. The smallest absolute Gasteiger partial charge is 0.330 e. The molecule has 0 saturated carbocycles. The van der Waals surface area contributed by atoms with Crippen molar-refractivity contribution >= 4 is 5.97 Å². The number of ether oxygens (including phenoxy) is 1. The number of allylic oxidation sites excluding steroid dienone is 1. The average molecular weight is 312 g/mol. The van der Waals surface area contributed by atoms with Crippen molar-refractivity contribution in [3.63, 3.8) is 0 Å². The quantitative estimate of drug-likeness (QED) is 0.258. The van der Waals surface area contributed by atoms with Crippen LogP contribution in [0.2, 0.25) is 0 Å². The van der Waals surface area contributed by atoms with Crippen molar-refractivity contribution in [2.45, 2.75) is 90.9 Å². The van der Waals surface area contributed by atoms with Gasteiger partial charge in [-0.3, -0.25) is 0 Å². The molecule has 0 saturated heterocycles. The van der Waals surface area contributed by atoms with Crippen LogP contribution in [0.25, 0.3) is 0 Å². The van der Waals surface area contributed by atoms with Gasteiger partial charge in [-0.15, -0.1) is 0 Å². The van der Waals surface area contributed by atoms with Gasteiger partial charge in [0.05, 0.1) is 6.61 Å². The van der Waals surface area contributed by atoms with Gasteiger partial charge in [-0.05, 0) is 26.7 Å². The lowest BCUT2D eigenvalue weighted by Crippen LogP contribution is -2.02. The molecule has 0 aliphatic carbocycles. The Labute approximate surface area is 137 Å². The van der Waals surface area contributed by atoms with Crippen molar-refractivity contribution in [1.82, 2.24) is 0 Å². The maximum absolute atomic E-state index is 11.3. The van der Waals surface area contributed by atoms with E-state index in [1.807, 2.05) is 13.8 Å². The van der Waals surface area contributed by atoms with Crippen LogP contribution in [-0.4, -0.2) is 24.3 Å². The zero-order valence-electron chi connectivity index (χ0n) is 14.7. The number of carbonyl (C=O) groups excluding carboxylic acids is 1. The monoisotopic (exact) mass is 312 g/mol. The first-order valence-electron chi connectivity index (χ1n) is 9.09. The van der Waals surface area contributed by atoms with Crippen LogP contribution in [0.15, 0.2) is 11.6 Å². The SMILES string of the molecule is CC(C)=CC(=O)OCCCCCCCCCCCCCCO. The van der Waals surface area contributed by atoms with E-state index in [0.29, 0.717) is 13.2 Å². The van der Waals surface area contributed by atoms with E-state index in [-0.39, 0.29) is 5.97 Å². The molecule has 130 valence electrons. The third-order valence-corrected chi connectivity index (χ3v) is 3.70. The average Bonchev–Trinajstić information content (AvgIpc) is 2.47. The number of carbonyl (C=O) groups is 1. The second kappa shape index (κ2) is 16.5. The molecule has 3 heteroatoms. The van der Waals surface area contributed by atoms with Crippen LogP contribution in [0.5, 0.6) is 0 Å². The summed E-state index contributed by atoms with van der Waals surface area (Å²) in [5.74, 6) is -0.209. The molecular formula is C19H36O3. The van der Waals surface area contributed by atoms with E-state index < -0.39 is 0 Å². The molecule has 1 N–H and O–H groups in total. The number of aliphatic hydroxyl groups is 1. The molecule has 0 aliphatic heterocycles. The molecule has 0 radical (unpaired) electrons. The van der Waals surface area contributed by atoms with Crippen molar-refractivity contribution in [2.24, 2.45) is 0 Å². The van der Waals surface area contributed by atoms with E-state index >= 15 is 0 Å². The highest BCUT2D eigenvalue weighted by Gasteiger charge is 1.98. The molecule has 0 aromatic carbocycles. The standard InChI is InChI=1S/C19H36O3/c1-18(2)17-19(21)22-16-14-12-10-8-6-4-3-5-7-9-11-13-15-20/h17,20H,3-16H2,1-2H3. The number of esters is 1. The van der Waals surface area contributed by atoms with Gasteiger partial charge in [0, 0.05) is 12.7 Å². The van der Waals surface area contributed by atoms with Gasteiger partial charge >= 0.3 is 5.97 Å². The van der Waals surface area contributed by atoms with Crippen molar-refractivity contribution in [1.29, 1.82) is 0 Å². The van der Waals surface area contributed by atoms with Gasteiger partial charge in [0.25, 0.3) is 0 Å². The highest BCUT2D eigenvalue weighted by Crippen LogP contribution is 2.11. The fourth-order valence-electron chi connectivity index (χ4n) is 2.43. The fraction of sp³-hybridized carbons (Fsp3) is 0.842. The van der Waals surface area contributed by atoms with E-state index in [4.69, 9.17) is 9.84 Å². The van der Waals surface area contributed by atoms with Crippen LogP contribution in [0.3, 0.4) is 0 Å². The van der Waals surface area contributed by atoms with Crippen LogP contribution in [0.4, 0.5) is 0 Å². The summed E-state index contributed by atoms with van der Waals surface area (Å²) >= 11 is 0. The number of hydrogen-bond acceptors (Lipinski definition) is 3. The molecule has 0 rings (SSSR count). The fourth-order valence-corrected chi connectivity index (χ4v) is 2.43. The van der Waals surface area contributed by atoms with Crippen molar-refractivity contribution in [3.05, 3.63) is 11.6 Å². The molecule has 3 nitrogen and oxygen atoms in total. The van der Waals surface area contributed by atoms with E-state index in [2.05, 4.69) is 0 Å². The first-order valence-corrected chi connectivity index (χ1v) is 9.09. The number of hydrogen-bond donors (Lipinski definition) is 1. The van der Waals surface area contributed by atoms with Crippen LogP contribution in [-0.2, 0) is 9.53 Å². The molecule has 0 aromatic rings. The molecule has 0 aliphatic rings. The normalized spacial score (nSPS) is 10.5. The van der Waals surface area contributed by atoms with Gasteiger partial charge in [0.1, 0.15) is 0 Å². The summed E-state index contributed by atoms with van der Waals surface area (Å²) in [6.07, 6.45) is 16.3. The first kappa shape index (κ1) is 21.2. The molecular weight excluding hydrogens is 276 g/mol. The molecule has 0 aromatic heterocycles. The summed E-state index contributed by atoms with van der Waals surface area (Å²) < 4.78 is 5.12. The van der Waals surface area contributed by atoms with Gasteiger partial charge in [-0.2, -0.15) is 0 Å². The summed E-state index contributed by atoms with van der Waals surface area (Å²) in [5, 5.41) is 8.68. The minimum atomic E-state index is -0.209. The summed E-state index contributed by atoms with van der Waals surface area (Å²) in [5.41, 5.74) is 0.985. The van der Waals surface area contributed by atoms with E-state index in [1.54, 1.807) is 6.08 Å². The topological polar surface area (TPSA) is 46.5 Å². The molecule has 0 fully saturated rings. The van der Waals surface area contributed by atoms with Crippen molar-refractivity contribution in [2.75, 3.05) is 13.2 Å². The van der Waals surface area contributed by atoms with Crippen molar-refractivity contribution < 1.29 is 14.6 Å². The van der Waals surface area contributed by atoms with Crippen molar-refractivity contribution in [3.8, 4) is 0 Å². The van der Waals surface area contributed by atoms with Crippen LogP contribution in [0, 0.1) is 0 Å². The Morgan fingerprint density at radius 1 is 0.773 bits per heavy atom. The Hall–Kier alpha value is -0.830. The van der Waals surface area contributed by atoms with Gasteiger partial charge in [0.15, 0.2) is 0 Å². The molecule has 0 bridgehead atoms. The number of rotatable bonds is 15. The first-order chi connectivity index (χ1) is 10.7. The highest BCUT2D eigenvalue weighted by molar-refractivity contribution is 5.82. The van der Waals surface area contributed by atoms with Gasteiger partial charge < -0.3 is 9.84 Å². The van der Waals surface area contributed by atoms with Crippen LogP contribution in [0.1, 0.15) is 90.9 Å². The predicted octanol–water partition coefficient (Wildman–Crippen LogP) is 5.17. The Bertz CT molecular complexity index is 280. The van der Waals surface area contributed by atoms with Gasteiger partial charge in [-0.1, -0.05) is 69.8 Å². The van der Waals surface area contributed by atoms with Gasteiger partial charge in [-0.25, -0.2) is 4.79 Å². The van der Waals surface area contributed by atoms with Crippen LogP contribution < -0.4 is 0 Å². The number of unbranched alkanes of at least 4 members (excludes halogenated alkanes) is 11. The largest absolute Gasteiger partial charge is 0.463 e. The predicted molar refractivity (Wildman–Crippen MR) is 92.9 cm³/mol. The lowest BCUT2D eigenvalue weighted by atomic mass is 10.1. The molecule has 0 spiro atoms. The summed E-state index contributed by atoms with van der Waals surface area (Å²) in [6, 6.07) is 0. The summed E-state index contributed by atoms with van der Waals surface area (Å²) in [4.78, 5) is 11.3. The highest BCUT2D eigenvalue weighted by atomic mass is 16.5. The maximum Gasteiger partial charge on any atom is 0.330 e. The molecule has 0 atom stereocenters. The van der Waals surface area contributed by atoms with Crippen LogP contribution >= 0.6 is 0 Å². The molecule has 0 unspecified atom stereocenters. The maximum atomic E-state index is 11.3. The number of aliphatic hydroxyl groups excluding tert-OH is 1. The zero-order chi connectivity index (χ0) is 16.5. The molecule has 0 heterocycles. The van der Waals surface area contributed by atoms with Gasteiger partial charge in [0.2, 0.25) is 0 Å². The lowest BCUT2D eigenvalue weighted by molar-refractivity contribution is -0.137.